The Morgan fingerprint density at radius 1 is 1.08 bits per heavy atom. The maximum absolute atomic E-state index is 12.0. The van der Waals surface area contributed by atoms with Crippen LogP contribution in [-0.4, -0.2) is 58.2 Å². The third-order valence-corrected chi connectivity index (χ3v) is 4.59. The maximum Gasteiger partial charge on any atom is 0.411 e. The normalized spacial score (nSPS) is 17.5. The summed E-state index contributed by atoms with van der Waals surface area (Å²) in [7, 11) is 0. The molecule has 26 heavy (non-hydrogen) atoms. The van der Waals surface area contributed by atoms with Gasteiger partial charge in [0, 0.05) is 39.5 Å². The average molecular weight is 381 g/mol. The zero-order chi connectivity index (χ0) is 19.3. The average Bonchev–Trinajstić information content (AvgIpc) is 3.04. The predicted molar refractivity (Wildman–Crippen MR) is 97.5 cm³/mol. The minimum Gasteiger partial charge on any atom is -0.382 e. The first kappa shape index (κ1) is 23.0. The number of halogens is 3. The van der Waals surface area contributed by atoms with Crippen molar-refractivity contribution in [2.45, 2.75) is 58.5 Å². The summed E-state index contributed by atoms with van der Waals surface area (Å²) in [5, 5.41) is 6.37. The number of rotatable bonds is 12. The second-order valence-electron chi connectivity index (χ2n) is 6.80. The van der Waals surface area contributed by atoms with Crippen molar-refractivity contribution in [3.05, 3.63) is 0 Å². The van der Waals surface area contributed by atoms with Crippen LogP contribution in [0.4, 0.5) is 13.2 Å². The first-order valence-corrected chi connectivity index (χ1v) is 9.65. The largest absolute Gasteiger partial charge is 0.411 e. The van der Waals surface area contributed by atoms with Gasteiger partial charge in [0.25, 0.3) is 0 Å². The van der Waals surface area contributed by atoms with Crippen molar-refractivity contribution >= 4 is 5.96 Å². The Morgan fingerprint density at radius 3 is 2.42 bits per heavy atom. The molecule has 0 saturated heterocycles. The van der Waals surface area contributed by atoms with Crippen molar-refractivity contribution in [3.63, 3.8) is 0 Å². The molecule has 0 heterocycles. The summed E-state index contributed by atoms with van der Waals surface area (Å²) < 4.78 is 46.2. The molecule has 0 aliphatic heterocycles. The summed E-state index contributed by atoms with van der Waals surface area (Å²) in [6.07, 6.45) is 2.08. The van der Waals surface area contributed by atoms with Crippen molar-refractivity contribution in [1.82, 2.24) is 10.6 Å². The van der Waals surface area contributed by atoms with E-state index in [4.69, 9.17) is 9.73 Å². The summed E-state index contributed by atoms with van der Waals surface area (Å²) in [4.78, 5) is 4.72. The molecule has 0 atom stereocenters. The lowest BCUT2D eigenvalue weighted by Crippen LogP contribution is -2.39. The molecule has 1 aliphatic rings. The second kappa shape index (κ2) is 12.4. The maximum atomic E-state index is 12.0. The van der Waals surface area contributed by atoms with Gasteiger partial charge < -0.3 is 20.1 Å². The van der Waals surface area contributed by atoms with E-state index >= 15 is 0 Å². The molecule has 154 valence electrons. The van der Waals surface area contributed by atoms with Gasteiger partial charge in [-0.05, 0) is 44.9 Å². The molecule has 1 rings (SSSR count). The molecule has 0 aromatic rings. The third-order valence-electron chi connectivity index (χ3n) is 4.59. The lowest BCUT2D eigenvalue weighted by atomic mass is 9.83. The van der Waals surface area contributed by atoms with Gasteiger partial charge in [-0.25, -0.2) is 0 Å². The number of aliphatic imine (C=N–C) groups is 1. The number of nitrogens with one attached hydrogen (secondary N) is 2. The number of hydrogen-bond donors (Lipinski definition) is 2. The fraction of sp³-hybridized carbons (Fsp3) is 0.944. The van der Waals surface area contributed by atoms with Crippen LogP contribution in [0, 0.1) is 5.41 Å². The van der Waals surface area contributed by atoms with Gasteiger partial charge in [-0.2, -0.15) is 13.2 Å². The molecule has 1 aliphatic carbocycles. The van der Waals surface area contributed by atoms with E-state index in [-0.39, 0.29) is 12.0 Å². The summed E-state index contributed by atoms with van der Waals surface area (Å²) in [6, 6.07) is 0. The van der Waals surface area contributed by atoms with E-state index < -0.39 is 12.8 Å². The highest BCUT2D eigenvalue weighted by atomic mass is 19.4. The molecule has 5 nitrogen and oxygen atoms in total. The van der Waals surface area contributed by atoms with E-state index in [2.05, 4.69) is 15.4 Å². The molecule has 2 N–H and O–H groups in total. The lowest BCUT2D eigenvalue weighted by Gasteiger charge is -2.27. The van der Waals surface area contributed by atoms with E-state index in [1.165, 1.54) is 25.7 Å². The quantitative estimate of drug-likeness (QED) is 0.309. The fourth-order valence-corrected chi connectivity index (χ4v) is 3.20. The fourth-order valence-electron chi connectivity index (χ4n) is 3.20. The first-order chi connectivity index (χ1) is 12.4. The highest BCUT2D eigenvalue weighted by molar-refractivity contribution is 5.79. The van der Waals surface area contributed by atoms with Crippen molar-refractivity contribution < 1.29 is 22.6 Å². The Balaban J connectivity index is 2.38. The van der Waals surface area contributed by atoms with Crippen LogP contribution >= 0.6 is 0 Å². The van der Waals surface area contributed by atoms with Crippen LogP contribution in [-0.2, 0) is 9.47 Å². The van der Waals surface area contributed by atoms with Gasteiger partial charge in [0.15, 0.2) is 5.96 Å². The van der Waals surface area contributed by atoms with Crippen LogP contribution in [0.25, 0.3) is 0 Å². The molecule has 0 unspecified atom stereocenters. The SMILES string of the molecule is CCNC(=NCC1(CCOCC)CCCC1)NCCCOCC(F)(F)F. The zero-order valence-corrected chi connectivity index (χ0v) is 16.1. The number of nitrogens with zero attached hydrogens (tertiary/aromatic N) is 1. The Hall–Kier alpha value is -1.02. The molecule has 0 amide bonds. The molecule has 0 aromatic carbocycles. The van der Waals surface area contributed by atoms with Crippen LogP contribution < -0.4 is 10.6 Å². The van der Waals surface area contributed by atoms with Gasteiger partial charge in [-0.15, -0.1) is 0 Å². The number of hydrogen-bond acceptors (Lipinski definition) is 3. The lowest BCUT2D eigenvalue weighted by molar-refractivity contribution is -0.173. The molecular formula is C18H34F3N3O2. The number of ether oxygens (including phenoxy) is 2. The molecule has 8 heteroatoms. The zero-order valence-electron chi connectivity index (χ0n) is 16.1. The van der Waals surface area contributed by atoms with E-state index in [9.17, 15) is 13.2 Å². The van der Waals surface area contributed by atoms with Gasteiger partial charge in [0.1, 0.15) is 6.61 Å². The monoisotopic (exact) mass is 381 g/mol. The molecular weight excluding hydrogens is 347 g/mol. The van der Waals surface area contributed by atoms with Crippen molar-refractivity contribution in [3.8, 4) is 0 Å². The van der Waals surface area contributed by atoms with Crippen LogP contribution in [0.2, 0.25) is 0 Å². The summed E-state index contributed by atoms with van der Waals surface area (Å²) >= 11 is 0. The van der Waals surface area contributed by atoms with Gasteiger partial charge in [-0.3, -0.25) is 4.99 Å². The highest BCUT2D eigenvalue weighted by Crippen LogP contribution is 2.41. The van der Waals surface area contributed by atoms with Crippen LogP contribution in [0.15, 0.2) is 4.99 Å². The van der Waals surface area contributed by atoms with Gasteiger partial charge in [0.2, 0.25) is 0 Å². The second-order valence-corrected chi connectivity index (χ2v) is 6.80. The Kier molecular flexibility index (Phi) is 11.0. The van der Waals surface area contributed by atoms with Crippen molar-refractivity contribution in [2.24, 2.45) is 10.4 Å². The number of guanidine groups is 1. The molecule has 1 fully saturated rings. The van der Waals surface area contributed by atoms with E-state index in [0.29, 0.717) is 18.9 Å². The Bertz CT molecular complexity index is 398. The molecule has 1 saturated carbocycles. The molecule has 0 spiro atoms. The summed E-state index contributed by atoms with van der Waals surface area (Å²) in [5.41, 5.74) is 0.216. The van der Waals surface area contributed by atoms with Gasteiger partial charge in [0.05, 0.1) is 0 Å². The topological polar surface area (TPSA) is 54.9 Å². The number of alkyl halides is 3. The molecule has 0 bridgehead atoms. The molecule has 0 aromatic heterocycles. The van der Waals surface area contributed by atoms with E-state index in [1.54, 1.807) is 0 Å². The summed E-state index contributed by atoms with van der Waals surface area (Å²) in [6.45, 7) is 6.40. The van der Waals surface area contributed by atoms with Crippen LogP contribution in [0.5, 0.6) is 0 Å². The van der Waals surface area contributed by atoms with E-state index in [0.717, 1.165) is 32.7 Å². The predicted octanol–water partition coefficient (Wildman–Crippen LogP) is 3.50. The molecule has 0 radical (unpaired) electrons. The minimum atomic E-state index is -4.26. The summed E-state index contributed by atoms with van der Waals surface area (Å²) in [5.74, 6) is 0.714. The first-order valence-electron chi connectivity index (χ1n) is 9.65. The van der Waals surface area contributed by atoms with Crippen molar-refractivity contribution in [1.29, 1.82) is 0 Å². The van der Waals surface area contributed by atoms with Gasteiger partial charge in [-0.1, -0.05) is 12.8 Å². The third kappa shape index (κ3) is 10.2. The van der Waals surface area contributed by atoms with Crippen LogP contribution in [0.3, 0.4) is 0 Å². The standard InChI is InChI=1S/C18H34F3N3O2/c1-3-22-16(23-11-7-12-26-15-18(19,20)21)24-14-17(8-5-6-9-17)10-13-25-4-2/h3-15H2,1-2H3,(H2,22,23,24). The van der Waals surface area contributed by atoms with Gasteiger partial charge >= 0.3 is 6.18 Å². The Labute approximate surface area is 155 Å². The highest BCUT2D eigenvalue weighted by Gasteiger charge is 2.33. The Morgan fingerprint density at radius 2 is 1.81 bits per heavy atom. The van der Waals surface area contributed by atoms with E-state index in [1.807, 2.05) is 13.8 Å². The smallest absolute Gasteiger partial charge is 0.382 e. The minimum absolute atomic E-state index is 0.0736. The van der Waals surface area contributed by atoms with Crippen LogP contribution in [0.1, 0.15) is 52.4 Å². The van der Waals surface area contributed by atoms with Crippen molar-refractivity contribution in [2.75, 3.05) is 46.1 Å².